The summed E-state index contributed by atoms with van der Waals surface area (Å²) in [6.07, 6.45) is 0. The van der Waals surface area contributed by atoms with Crippen molar-refractivity contribution in [2.75, 3.05) is 34.4 Å². The molecule has 0 aliphatic rings. The topological polar surface area (TPSA) is 24.5 Å². The molecule has 0 heterocycles. The minimum absolute atomic E-state index is 0.383. The van der Waals surface area contributed by atoms with Gasteiger partial charge in [-0.05, 0) is 32.1 Å². The van der Waals surface area contributed by atoms with Crippen molar-refractivity contribution in [1.29, 1.82) is 0 Å². The smallest absolute Gasteiger partial charge is 0.0628 e. The van der Waals surface area contributed by atoms with Crippen LogP contribution in [0.15, 0.2) is 24.3 Å². The van der Waals surface area contributed by atoms with E-state index in [-0.39, 0.29) is 0 Å². The van der Waals surface area contributed by atoms with E-state index in [1.807, 2.05) is 7.05 Å². The second kappa shape index (κ2) is 7.43. The monoisotopic (exact) mass is 236 g/mol. The van der Waals surface area contributed by atoms with Gasteiger partial charge < -0.3 is 15.0 Å². The normalized spacial score (nSPS) is 13.0. The molecule has 0 saturated heterocycles. The second-order valence-corrected chi connectivity index (χ2v) is 4.56. The van der Waals surface area contributed by atoms with E-state index in [9.17, 15) is 0 Å². The van der Waals surface area contributed by atoms with Crippen LogP contribution in [0.5, 0.6) is 0 Å². The Kier molecular flexibility index (Phi) is 6.19. The first kappa shape index (κ1) is 14.2. The lowest BCUT2D eigenvalue weighted by molar-refractivity contribution is 0.147. The molecule has 0 spiro atoms. The summed E-state index contributed by atoms with van der Waals surface area (Å²) in [4.78, 5) is 2.32. The lowest BCUT2D eigenvalue weighted by Crippen LogP contribution is -2.40. The number of methoxy groups -OCH3 is 1. The fourth-order valence-corrected chi connectivity index (χ4v) is 1.95. The Morgan fingerprint density at radius 3 is 2.65 bits per heavy atom. The van der Waals surface area contributed by atoms with Gasteiger partial charge in [-0.2, -0.15) is 0 Å². The van der Waals surface area contributed by atoms with Gasteiger partial charge in [0, 0.05) is 26.2 Å². The van der Waals surface area contributed by atoms with Crippen LogP contribution in [-0.2, 0) is 11.3 Å². The molecule has 0 bridgehead atoms. The van der Waals surface area contributed by atoms with Crippen molar-refractivity contribution in [3.05, 3.63) is 35.4 Å². The molecular weight excluding hydrogens is 212 g/mol. The highest BCUT2D eigenvalue weighted by atomic mass is 16.5. The van der Waals surface area contributed by atoms with Crippen molar-refractivity contribution >= 4 is 0 Å². The van der Waals surface area contributed by atoms with Crippen LogP contribution in [0.25, 0.3) is 0 Å². The van der Waals surface area contributed by atoms with Gasteiger partial charge in [-0.1, -0.05) is 24.3 Å². The SMILES string of the molecule is CNC(COC)CN(C)Cc1ccccc1C. The summed E-state index contributed by atoms with van der Waals surface area (Å²) >= 11 is 0. The predicted octanol–water partition coefficient (Wildman–Crippen LogP) is 1.66. The summed E-state index contributed by atoms with van der Waals surface area (Å²) in [5.74, 6) is 0. The van der Waals surface area contributed by atoms with Gasteiger partial charge in [0.25, 0.3) is 0 Å². The standard InChI is InChI=1S/C14H24N2O/c1-12-7-5-6-8-13(12)9-16(3)10-14(15-2)11-17-4/h5-8,14-15H,9-11H2,1-4H3. The van der Waals surface area contributed by atoms with E-state index in [1.54, 1.807) is 7.11 Å². The van der Waals surface area contributed by atoms with Gasteiger partial charge in [0.15, 0.2) is 0 Å². The summed E-state index contributed by atoms with van der Waals surface area (Å²) in [6, 6.07) is 8.92. The van der Waals surface area contributed by atoms with E-state index in [0.29, 0.717) is 6.04 Å². The molecule has 0 aromatic heterocycles. The lowest BCUT2D eigenvalue weighted by Gasteiger charge is -2.23. The summed E-state index contributed by atoms with van der Waals surface area (Å²) < 4.78 is 5.18. The molecule has 1 rings (SSSR count). The maximum absolute atomic E-state index is 5.18. The van der Waals surface area contributed by atoms with Gasteiger partial charge in [0.05, 0.1) is 6.61 Å². The number of nitrogens with zero attached hydrogens (tertiary/aromatic N) is 1. The zero-order chi connectivity index (χ0) is 12.7. The molecule has 17 heavy (non-hydrogen) atoms. The van der Waals surface area contributed by atoms with E-state index in [1.165, 1.54) is 11.1 Å². The van der Waals surface area contributed by atoms with Gasteiger partial charge in [-0.3, -0.25) is 0 Å². The van der Waals surface area contributed by atoms with Crippen molar-refractivity contribution < 1.29 is 4.74 Å². The van der Waals surface area contributed by atoms with Gasteiger partial charge in [0.2, 0.25) is 0 Å². The number of rotatable bonds is 7. The Morgan fingerprint density at radius 1 is 1.35 bits per heavy atom. The van der Waals surface area contributed by atoms with E-state index in [2.05, 4.69) is 48.5 Å². The molecule has 1 N–H and O–H groups in total. The van der Waals surface area contributed by atoms with Crippen LogP contribution in [0.3, 0.4) is 0 Å². The van der Waals surface area contributed by atoms with E-state index >= 15 is 0 Å². The molecule has 1 unspecified atom stereocenters. The van der Waals surface area contributed by atoms with Crippen LogP contribution in [0.2, 0.25) is 0 Å². The Morgan fingerprint density at radius 2 is 2.06 bits per heavy atom. The fourth-order valence-electron chi connectivity index (χ4n) is 1.95. The molecule has 1 atom stereocenters. The molecule has 0 amide bonds. The van der Waals surface area contributed by atoms with Crippen LogP contribution in [0, 0.1) is 6.92 Å². The fraction of sp³-hybridized carbons (Fsp3) is 0.571. The average Bonchev–Trinajstić information content (AvgIpc) is 2.31. The molecule has 0 aliphatic heterocycles. The number of likely N-dealkylation sites (N-methyl/N-ethyl adjacent to an activating group) is 2. The van der Waals surface area contributed by atoms with Crippen LogP contribution < -0.4 is 5.32 Å². The van der Waals surface area contributed by atoms with Crippen molar-refractivity contribution in [2.24, 2.45) is 0 Å². The van der Waals surface area contributed by atoms with E-state index < -0.39 is 0 Å². The number of aryl methyl sites for hydroxylation is 1. The van der Waals surface area contributed by atoms with Crippen LogP contribution in [-0.4, -0.2) is 45.3 Å². The number of hydrogen-bond acceptors (Lipinski definition) is 3. The van der Waals surface area contributed by atoms with Gasteiger partial charge in [0.1, 0.15) is 0 Å². The Labute approximate surface area is 105 Å². The first-order valence-electron chi connectivity index (χ1n) is 6.06. The Bertz CT molecular complexity index is 328. The van der Waals surface area contributed by atoms with Crippen molar-refractivity contribution in [1.82, 2.24) is 10.2 Å². The zero-order valence-corrected chi connectivity index (χ0v) is 11.4. The summed E-state index contributed by atoms with van der Waals surface area (Å²) in [7, 11) is 5.86. The molecule has 96 valence electrons. The van der Waals surface area contributed by atoms with Crippen LogP contribution in [0.4, 0.5) is 0 Å². The largest absolute Gasteiger partial charge is 0.383 e. The van der Waals surface area contributed by atoms with Crippen molar-refractivity contribution in [2.45, 2.75) is 19.5 Å². The Balaban J connectivity index is 2.49. The van der Waals surface area contributed by atoms with E-state index in [0.717, 1.165) is 19.7 Å². The third kappa shape index (κ3) is 4.86. The first-order valence-corrected chi connectivity index (χ1v) is 6.06. The third-order valence-corrected chi connectivity index (χ3v) is 3.01. The minimum atomic E-state index is 0.383. The quantitative estimate of drug-likeness (QED) is 0.779. The highest BCUT2D eigenvalue weighted by Gasteiger charge is 2.10. The maximum Gasteiger partial charge on any atom is 0.0628 e. The van der Waals surface area contributed by atoms with Crippen LogP contribution in [0.1, 0.15) is 11.1 Å². The minimum Gasteiger partial charge on any atom is -0.383 e. The number of ether oxygens (including phenoxy) is 1. The molecular formula is C14H24N2O. The average molecular weight is 236 g/mol. The van der Waals surface area contributed by atoms with Gasteiger partial charge in [-0.15, -0.1) is 0 Å². The lowest BCUT2D eigenvalue weighted by atomic mass is 10.1. The summed E-state index contributed by atoms with van der Waals surface area (Å²) in [5, 5.41) is 3.27. The van der Waals surface area contributed by atoms with Crippen molar-refractivity contribution in [3.8, 4) is 0 Å². The molecule has 0 saturated carbocycles. The van der Waals surface area contributed by atoms with Gasteiger partial charge >= 0.3 is 0 Å². The highest BCUT2D eigenvalue weighted by Crippen LogP contribution is 2.09. The number of benzene rings is 1. The molecule has 1 aromatic rings. The summed E-state index contributed by atoms with van der Waals surface area (Å²) in [5.41, 5.74) is 2.74. The summed E-state index contributed by atoms with van der Waals surface area (Å²) in [6.45, 7) is 4.87. The Hall–Kier alpha value is -0.900. The van der Waals surface area contributed by atoms with Gasteiger partial charge in [-0.25, -0.2) is 0 Å². The molecule has 3 nitrogen and oxygen atoms in total. The molecule has 0 fully saturated rings. The second-order valence-electron chi connectivity index (χ2n) is 4.56. The first-order chi connectivity index (χ1) is 8.17. The predicted molar refractivity (Wildman–Crippen MR) is 72.2 cm³/mol. The highest BCUT2D eigenvalue weighted by molar-refractivity contribution is 5.25. The molecule has 0 aliphatic carbocycles. The van der Waals surface area contributed by atoms with Crippen molar-refractivity contribution in [3.63, 3.8) is 0 Å². The third-order valence-electron chi connectivity index (χ3n) is 3.01. The molecule has 1 aromatic carbocycles. The zero-order valence-electron chi connectivity index (χ0n) is 11.4. The number of hydrogen-bond donors (Lipinski definition) is 1. The molecule has 3 heteroatoms. The molecule has 0 radical (unpaired) electrons. The van der Waals surface area contributed by atoms with E-state index in [4.69, 9.17) is 4.74 Å². The van der Waals surface area contributed by atoms with Crippen LogP contribution >= 0.6 is 0 Å². The maximum atomic E-state index is 5.18. The number of nitrogens with one attached hydrogen (secondary N) is 1.